The standard InChI is InChI=1S/C15H13NO2S/c1-16-14(12-7-3-2-4-8-12)11-13-9-5-6-10-15(13)19(16,17)18/h2-11H,1H3. The molecule has 0 saturated carbocycles. The van der Waals surface area contributed by atoms with E-state index in [0.717, 1.165) is 11.1 Å². The van der Waals surface area contributed by atoms with Crippen LogP contribution in [0.4, 0.5) is 0 Å². The molecule has 0 atom stereocenters. The normalized spacial score (nSPS) is 16.7. The maximum Gasteiger partial charge on any atom is 0.264 e. The van der Waals surface area contributed by atoms with E-state index in [1.807, 2.05) is 48.5 Å². The lowest BCUT2D eigenvalue weighted by Crippen LogP contribution is -2.28. The number of benzene rings is 2. The lowest BCUT2D eigenvalue weighted by atomic mass is 10.1. The smallest absolute Gasteiger partial charge is 0.264 e. The van der Waals surface area contributed by atoms with Gasteiger partial charge in [0.2, 0.25) is 0 Å². The Labute approximate surface area is 112 Å². The largest absolute Gasteiger partial charge is 0.269 e. The molecule has 1 heterocycles. The molecule has 3 nitrogen and oxygen atoms in total. The first-order valence-electron chi connectivity index (χ1n) is 5.96. The highest BCUT2D eigenvalue weighted by molar-refractivity contribution is 7.89. The van der Waals surface area contributed by atoms with E-state index in [1.54, 1.807) is 19.2 Å². The van der Waals surface area contributed by atoms with Crippen molar-refractivity contribution >= 4 is 21.8 Å². The van der Waals surface area contributed by atoms with E-state index in [-0.39, 0.29) is 0 Å². The Bertz CT molecular complexity index is 749. The van der Waals surface area contributed by atoms with Crippen molar-refractivity contribution in [2.24, 2.45) is 0 Å². The Morgan fingerprint density at radius 3 is 2.26 bits per heavy atom. The van der Waals surface area contributed by atoms with Crippen LogP contribution < -0.4 is 0 Å². The van der Waals surface area contributed by atoms with Gasteiger partial charge in [-0.05, 0) is 23.3 Å². The molecular weight excluding hydrogens is 258 g/mol. The van der Waals surface area contributed by atoms with E-state index >= 15 is 0 Å². The van der Waals surface area contributed by atoms with Gasteiger partial charge in [-0.2, -0.15) is 0 Å². The van der Waals surface area contributed by atoms with Gasteiger partial charge in [-0.3, -0.25) is 4.31 Å². The fraction of sp³-hybridized carbons (Fsp3) is 0.0667. The molecule has 0 fully saturated rings. The summed E-state index contributed by atoms with van der Waals surface area (Å²) in [5.41, 5.74) is 2.32. The zero-order valence-electron chi connectivity index (χ0n) is 10.4. The molecule has 0 radical (unpaired) electrons. The summed E-state index contributed by atoms with van der Waals surface area (Å²) in [5, 5.41) is 0. The van der Waals surface area contributed by atoms with Gasteiger partial charge in [-0.25, -0.2) is 8.42 Å². The fourth-order valence-electron chi connectivity index (χ4n) is 2.22. The number of hydrogen-bond donors (Lipinski definition) is 0. The number of hydrogen-bond acceptors (Lipinski definition) is 2. The predicted molar refractivity (Wildman–Crippen MR) is 75.7 cm³/mol. The van der Waals surface area contributed by atoms with Crippen molar-refractivity contribution in [3.05, 3.63) is 65.7 Å². The van der Waals surface area contributed by atoms with E-state index in [9.17, 15) is 8.42 Å². The van der Waals surface area contributed by atoms with Crippen molar-refractivity contribution in [1.29, 1.82) is 0 Å². The predicted octanol–water partition coefficient (Wildman–Crippen LogP) is 2.82. The van der Waals surface area contributed by atoms with Crippen LogP contribution in [0.15, 0.2) is 59.5 Å². The van der Waals surface area contributed by atoms with Gasteiger partial charge in [0.25, 0.3) is 10.0 Å². The zero-order chi connectivity index (χ0) is 13.5. The number of nitrogens with zero attached hydrogens (tertiary/aromatic N) is 1. The SMILES string of the molecule is CN1C(c2ccccc2)=Cc2ccccc2S1(=O)=O. The maximum atomic E-state index is 12.5. The summed E-state index contributed by atoms with van der Waals surface area (Å²) in [6, 6.07) is 16.6. The van der Waals surface area contributed by atoms with E-state index in [1.165, 1.54) is 4.31 Å². The van der Waals surface area contributed by atoms with Crippen molar-refractivity contribution in [3.63, 3.8) is 0 Å². The Balaban J connectivity index is 2.26. The van der Waals surface area contributed by atoms with Crippen LogP contribution in [0.1, 0.15) is 11.1 Å². The van der Waals surface area contributed by atoms with Gasteiger partial charge in [0, 0.05) is 7.05 Å². The topological polar surface area (TPSA) is 37.4 Å². The molecule has 4 heteroatoms. The highest BCUT2D eigenvalue weighted by Crippen LogP contribution is 2.34. The summed E-state index contributed by atoms with van der Waals surface area (Å²) in [6.07, 6.45) is 1.91. The highest BCUT2D eigenvalue weighted by Gasteiger charge is 2.29. The molecule has 2 aromatic rings. The minimum atomic E-state index is -3.45. The first kappa shape index (κ1) is 12.0. The molecule has 0 unspecified atom stereocenters. The molecule has 0 amide bonds. The van der Waals surface area contributed by atoms with Crippen LogP contribution in [0, 0.1) is 0 Å². The third kappa shape index (κ3) is 1.85. The maximum absolute atomic E-state index is 12.5. The van der Waals surface area contributed by atoms with Crippen LogP contribution in [-0.4, -0.2) is 19.8 Å². The molecule has 0 N–H and O–H groups in total. The summed E-state index contributed by atoms with van der Waals surface area (Å²) < 4.78 is 26.3. The van der Waals surface area contributed by atoms with Crippen molar-refractivity contribution < 1.29 is 8.42 Å². The van der Waals surface area contributed by atoms with Gasteiger partial charge in [0.1, 0.15) is 0 Å². The second kappa shape index (κ2) is 4.24. The third-order valence-corrected chi connectivity index (χ3v) is 5.10. The summed E-state index contributed by atoms with van der Waals surface area (Å²) >= 11 is 0. The summed E-state index contributed by atoms with van der Waals surface area (Å²) in [4.78, 5) is 0.359. The molecule has 19 heavy (non-hydrogen) atoms. The van der Waals surface area contributed by atoms with Crippen LogP contribution in [0.25, 0.3) is 11.8 Å². The van der Waals surface area contributed by atoms with Gasteiger partial charge in [-0.1, -0.05) is 48.5 Å². The van der Waals surface area contributed by atoms with Crippen LogP contribution in [0.3, 0.4) is 0 Å². The Morgan fingerprint density at radius 1 is 0.895 bits per heavy atom. The fourth-order valence-corrected chi connectivity index (χ4v) is 3.61. The quantitative estimate of drug-likeness (QED) is 0.799. The molecule has 96 valence electrons. The Kier molecular flexibility index (Phi) is 2.68. The summed E-state index contributed by atoms with van der Waals surface area (Å²) in [5.74, 6) is 0. The first-order chi connectivity index (χ1) is 9.10. The lowest BCUT2D eigenvalue weighted by Gasteiger charge is -2.27. The zero-order valence-corrected chi connectivity index (χ0v) is 11.3. The molecular formula is C15H13NO2S. The van der Waals surface area contributed by atoms with Crippen LogP contribution in [0.5, 0.6) is 0 Å². The van der Waals surface area contributed by atoms with Crippen molar-refractivity contribution in [3.8, 4) is 0 Å². The highest BCUT2D eigenvalue weighted by atomic mass is 32.2. The second-order valence-corrected chi connectivity index (χ2v) is 6.34. The van der Waals surface area contributed by atoms with Gasteiger partial charge in [-0.15, -0.1) is 0 Å². The molecule has 0 aliphatic carbocycles. The second-order valence-electron chi connectivity index (χ2n) is 4.41. The minimum absolute atomic E-state index is 0.359. The molecule has 0 spiro atoms. The molecule has 1 aliphatic heterocycles. The third-order valence-electron chi connectivity index (χ3n) is 3.26. The summed E-state index contributed by atoms with van der Waals surface area (Å²) in [7, 11) is -1.87. The molecule has 1 aliphatic rings. The Hall–Kier alpha value is -2.07. The number of sulfonamides is 1. The van der Waals surface area contributed by atoms with E-state index < -0.39 is 10.0 Å². The average Bonchev–Trinajstić information content (AvgIpc) is 2.44. The molecule has 0 saturated heterocycles. The lowest BCUT2D eigenvalue weighted by molar-refractivity contribution is 0.544. The number of rotatable bonds is 1. The van der Waals surface area contributed by atoms with Crippen molar-refractivity contribution in [2.45, 2.75) is 4.90 Å². The van der Waals surface area contributed by atoms with E-state index in [2.05, 4.69) is 0 Å². The van der Waals surface area contributed by atoms with Crippen molar-refractivity contribution in [2.75, 3.05) is 7.05 Å². The van der Waals surface area contributed by atoms with Gasteiger partial charge in [0.05, 0.1) is 10.6 Å². The van der Waals surface area contributed by atoms with Crippen LogP contribution in [0.2, 0.25) is 0 Å². The van der Waals surface area contributed by atoms with Gasteiger partial charge < -0.3 is 0 Å². The molecule has 0 aromatic heterocycles. The van der Waals surface area contributed by atoms with Crippen LogP contribution >= 0.6 is 0 Å². The first-order valence-corrected chi connectivity index (χ1v) is 7.40. The monoisotopic (exact) mass is 271 g/mol. The van der Waals surface area contributed by atoms with Gasteiger partial charge >= 0.3 is 0 Å². The Morgan fingerprint density at radius 2 is 1.53 bits per heavy atom. The molecule has 3 rings (SSSR count). The van der Waals surface area contributed by atoms with E-state index in [0.29, 0.717) is 10.6 Å². The molecule has 2 aromatic carbocycles. The average molecular weight is 271 g/mol. The summed E-state index contributed by atoms with van der Waals surface area (Å²) in [6.45, 7) is 0. The van der Waals surface area contributed by atoms with Crippen molar-refractivity contribution in [1.82, 2.24) is 4.31 Å². The minimum Gasteiger partial charge on any atom is -0.269 e. The number of fused-ring (bicyclic) bond motifs is 1. The van der Waals surface area contributed by atoms with Gasteiger partial charge in [0.15, 0.2) is 0 Å². The van der Waals surface area contributed by atoms with Crippen LogP contribution in [-0.2, 0) is 10.0 Å². The molecule has 0 bridgehead atoms. The van der Waals surface area contributed by atoms with E-state index in [4.69, 9.17) is 0 Å².